The summed E-state index contributed by atoms with van der Waals surface area (Å²) in [5, 5.41) is 3.88. The van der Waals surface area contributed by atoms with Crippen LogP contribution in [0.15, 0.2) is 42.5 Å². The average molecular weight is 276 g/mol. The Morgan fingerprint density at radius 3 is 2.74 bits per heavy atom. The summed E-state index contributed by atoms with van der Waals surface area (Å²) in [4.78, 5) is 0. The molecule has 0 saturated carbocycles. The summed E-state index contributed by atoms with van der Waals surface area (Å²) >= 11 is 6.19. The van der Waals surface area contributed by atoms with Gasteiger partial charge in [-0.25, -0.2) is 0 Å². The van der Waals surface area contributed by atoms with E-state index in [0.717, 1.165) is 28.4 Å². The van der Waals surface area contributed by atoms with E-state index in [-0.39, 0.29) is 0 Å². The SMILES string of the molecule is CNCc1cccc(OCc2ccc(C)cc2Cl)c1. The van der Waals surface area contributed by atoms with Crippen molar-refractivity contribution in [2.24, 2.45) is 0 Å². The zero-order valence-electron chi connectivity index (χ0n) is 11.2. The van der Waals surface area contributed by atoms with Crippen LogP contribution in [0.3, 0.4) is 0 Å². The predicted octanol–water partition coefficient (Wildman–Crippen LogP) is 3.95. The number of benzene rings is 2. The van der Waals surface area contributed by atoms with Crippen LogP contribution in [0.2, 0.25) is 5.02 Å². The minimum atomic E-state index is 0.488. The molecule has 0 unspecified atom stereocenters. The molecule has 2 nitrogen and oxygen atoms in total. The van der Waals surface area contributed by atoms with Crippen LogP contribution in [-0.4, -0.2) is 7.05 Å². The van der Waals surface area contributed by atoms with Gasteiger partial charge < -0.3 is 10.1 Å². The molecule has 0 aliphatic rings. The first-order valence-electron chi connectivity index (χ1n) is 6.30. The third kappa shape index (κ3) is 3.98. The monoisotopic (exact) mass is 275 g/mol. The maximum Gasteiger partial charge on any atom is 0.120 e. The third-order valence-electron chi connectivity index (χ3n) is 2.88. The Labute approximate surface area is 119 Å². The number of aryl methyl sites for hydroxylation is 1. The Kier molecular flexibility index (Phi) is 4.83. The van der Waals surface area contributed by atoms with Crippen molar-refractivity contribution < 1.29 is 4.74 Å². The number of hydrogen-bond donors (Lipinski definition) is 1. The quantitative estimate of drug-likeness (QED) is 0.892. The molecule has 0 radical (unpaired) electrons. The van der Waals surface area contributed by atoms with Gasteiger partial charge >= 0.3 is 0 Å². The largest absolute Gasteiger partial charge is 0.489 e. The second kappa shape index (κ2) is 6.60. The summed E-state index contributed by atoms with van der Waals surface area (Å²) in [6.07, 6.45) is 0. The summed E-state index contributed by atoms with van der Waals surface area (Å²) in [6.45, 7) is 3.35. The number of ether oxygens (including phenoxy) is 1. The van der Waals surface area contributed by atoms with Crippen LogP contribution < -0.4 is 10.1 Å². The van der Waals surface area contributed by atoms with Crippen molar-refractivity contribution in [3.63, 3.8) is 0 Å². The van der Waals surface area contributed by atoms with Gasteiger partial charge in [-0.1, -0.05) is 35.9 Å². The highest BCUT2D eigenvalue weighted by molar-refractivity contribution is 6.31. The minimum Gasteiger partial charge on any atom is -0.489 e. The molecule has 0 fully saturated rings. The summed E-state index contributed by atoms with van der Waals surface area (Å²) in [7, 11) is 1.93. The lowest BCUT2D eigenvalue weighted by atomic mass is 10.1. The third-order valence-corrected chi connectivity index (χ3v) is 3.23. The maximum atomic E-state index is 6.19. The van der Waals surface area contributed by atoms with Crippen LogP contribution >= 0.6 is 11.6 Å². The molecule has 0 aromatic heterocycles. The van der Waals surface area contributed by atoms with E-state index in [0.29, 0.717) is 6.61 Å². The molecule has 0 aliphatic heterocycles. The molecule has 2 rings (SSSR count). The van der Waals surface area contributed by atoms with Crippen LogP contribution in [-0.2, 0) is 13.2 Å². The summed E-state index contributed by atoms with van der Waals surface area (Å²) in [6, 6.07) is 14.1. The molecule has 2 aromatic rings. The molecule has 0 saturated heterocycles. The zero-order valence-corrected chi connectivity index (χ0v) is 12.0. The number of hydrogen-bond acceptors (Lipinski definition) is 2. The number of rotatable bonds is 5. The van der Waals surface area contributed by atoms with E-state index in [1.165, 1.54) is 5.56 Å². The van der Waals surface area contributed by atoms with Crippen molar-refractivity contribution in [2.75, 3.05) is 7.05 Å². The first kappa shape index (κ1) is 13.9. The molecule has 1 N–H and O–H groups in total. The van der Waals surface area contributed by atoms with Gasteiger partial charge in [-0.15, -0.1) is 0 Å². The van der Waals surface area contributed by atoms with E-state index >= 15 is 0 Å². The van der Waals surface area contributed by atoms with Crippen LogP contribution in [0.25, 0.3) is 0 Å². The molecular formula is C16H18ClNO. The van der Waals surface area contributed by atoms with Crippen LogP contribution in [0.1, 0.15) is 16.7 Å². The Morgan fingerprint density at radius 1 is 1.16 bits per heavy atom. The summed E-state index contributed by atoms with van der Waals surface area (Å²) in [5.41, 5.74) is 3.37. The highest BCUT2D eigenvalue weighted by atomic mass is 35.5. The molecule has 0 heterocycles. The van der Waals surface area contributed by atoms with Crippen molar-refractivity contribution in [3.8, 4) is 5.75 Å². The van der Waals surface area contributed by atoms with Crippen molar-refractivity contribution in [1.82, 2.24) is 5.32 Å². The first-order valence-corrected chi connectivity index (χ1v) is 6.68. The Bertz CT molecular complexity index is 554. The Hall–Kier alpha value is -1.51. The van der Waals surface area contributed by atoms with Crippen molar-refractivity contribution in [1.29, 1.82) is 0 Å². The lowest BCUT2D eigenvalue weighted by Gasteiger charge is -2.09. The Balaban J connectivity index is 2.03. The van der Waals surface area contributed by atoms with Crippen LogP contribution in [0.4, 0.5) is 0 Å². The second-order valence-electron chi connectivity index (χ2n) is 4.56. The molecule has 0 aliphatic carbocycles. The smallest absolute Gasteiger partial charge is 0.120 e. The van der Waals surface area contributed by atoms with Gasteiger partial charge in [-0.2, -0.15) is 0 Å². The van der Waals surface area contributed by atoms with Gasteiger partial charge in [-0.05, 0) is 43.3 Å². The average Bonchev–Trinajstić information content (AvgIpc) is 2.38. The van der Waals surface area contributed by atoms with Crippen molar-refractivity contribution in [2.45, 2.75) is 20.1 Å². The fraction of sp³-hybridized carbons (Fsp3) is 0.250. The van der Waals surface area contributed by atoms with E-state index in [4.69, 9.17) is 16.3 Å². The predicted molar refractivity (Wildman–Crippen MR) is 79.7 cm³/mol. The molecule has 3 heteroatoms. The van der Waals surface area contributed by atoms with Gasteiger partial charge in [0.25, 0.3) is 0 Å². The minimum absolute atomic E-state index is 0.488. The lowest BCUT2D eigenvalue weighted by molar-refractivity contribution is 0.306. The van der Waals surface area contributed by atoms with Crippen LogP contribution in [0, 0.1) is 6.92 Å². The first-order chi connectivity index (χ1) is 9.19. The van der Waals surface area contributed by atoms with E-state index in [9.17, 15) is 0 Å². The number of halogens is 1. The molecular weight excluding hydrogens is 258 g/mol. The lowest BCUT2D eigenvalue weighted by Crippen LogP contribution is -2.05. The van der Waals surface area contributed by atoms with Gasteiger partial charge in [0.05, 0.1) is 0 Å². The standard InChI is InChI=1S/C16H18ClNO/c1-12-6-7-14(16(17)8-12)11-19-15-5-3-4-13(9-15)10-18-2/h3-9,18H,10-11H2,1-2H3. The molecule has 0 bridgehead atoms. The highest BCUT2D eigenvalue weighted by Gasteiger charge is 2.02. The van der Waals surface area contributed by atoms with Gasteiger partial charge in [0, 0.05) is 17.1 Å². The van der Waals surface area contributed by atoms with E-state index in [2.05, 4.69) is 11.4 Å². The molecule has 19 heavy (non-hydrogen) atoms. The second-order valence-corrected chi connectivity index (χ2v) is 4.97. The molecule has 0 spiro atoms. The zero-order chi connectivity index (χ0) is 13.7. The van der Waals surface area contributed by atoms with Crippen molar-refractivity contribution in [3.05, 3.63) is 64.2 Å². The Morgan fingerprint density at radius 2 is 2.00 bits per heavy atom. The van der Waals surface area contributed by atoms with Gasteiger partial charge in [0.1, 0.15) is 12.4 Å². The fourth-order valence-corrected chi connectivity index (χ4v) is 2.17. The molecule has 100 valence electrons. The summed E-state index contributed by atoms with van der Waals surface area (Å²) in [5.74, 6) is 0.865. The van der Waals surface area contributed by atoms with Crippen molar-refractivity contribution >= 4 is 11.6 Å². The van der Waals surface area contributed by atoms with Gasteiger partial charge in [-0.3, -0.25) is 0 Å². The van der Waals surface area contributed by atoms with Gasteiger partial charge in [0.2, 0.25) is 0 Å². The fourth-order valence-electron chi connectivity index (χ4n) is 1.88. The normalized spacial score (nSPS) is 10.5. The van der Waals surface area contributed by atoms with E-state index < -0.39 is 0 Å². The molecule has 0 atom stereocenters. The van der Waals surface area contributed by atoms with E-state index in [1.54, 1.807) is 0 Å². The van der Waals surface area contributed by atoms with Crippen LogP contribution in [0.5, 0.6) is 5.75 Å². The topological polar surface area (TPSA) is 21.3 Å². The van der Waals surface area contributed by atoms with E-state index in [1.807, 2.05) is 50.4 Å². The number of nitrogens with one attached hydrogen (secondary N) is 1. The maximum absolute atomic E-state index is 6.19. The summed E-state index contributed by atoms with van der Waals surface area (Å²) < 4.78 is 5.79. The molecule has 0 amide bonds. The molecule has 2 aromatic carbocycles. The van der Waals surface area contributed by atoms with Gasteiger partial charge in [0.15, 0.2) is 0 Å². The highest BCUT2D eigenvalue weighted by Crippen LogP contribution is 2.20.